The van der Waals surface area contributed by atoms with Gasteiger partial charge in [0.1, 0.15) is 5.82 Å². The topological polar surface area (TPSA) is 38.9 Å². The molecule has 1 aromatic rings. The van der Waals surface area contributed by atoms with Gasteiger partial charge in [-0.05, 0) is 36.3 Å². The maximum Gasteiger partial charge on any atom is 0.145 e. The van der Waals surface area contributed by atoms with Crippen LogP contribution in [0.1, 0.15) is 44.6 Å². The largest absolute Gasteiger partial charge is 0.327 e. The lowest BCUT2D eigenvalue weighted by Gasteiger charge is -2.39. The van der Waals surface area contributed by atoms with E-state index in [0.29, 0.717) is 0 Å². The van der Waals surface area contributed by atoms with Crippen molar-refractivity contribution in [1.29, 1.82) is 0 Å². The van der Waals surface area contributed by atoms with Crippen molar-refractivity contribution in [3.63, 3.8) is 0 Å². The summed E-state index contributed by atoms with van der Waals surface area (Å²) in [5, 5.41) is 0. The van der Waals surface area contributed by atoms with Gasteiger partial charge in [-0.3, -0.25) is 4.98 Å². The summed E-state index contributed by atoms with van der Waals surface area (Å²) in [5.74, 6) is -0.0904. The Morgan fingerprint density at radius 2 is 2.25 bits per heavy atom. The second-order valence-electron chi connectivity index (χ2n) is 5.57. The molecular weight excluding hydrogens is 203 g/mol. The highest BCUT2D eigenvalue weighted by Gasteiger charge is 2.34. The van der Waals surface area contributed by atoms with E-state index in [1.807, 2.05) is 0 Å². The predicted molar refractivity (Wildman–Crippen MR) is 62.5 cm³/mol. The summed E-state index contributed by atoms with van der Waals surface area (Å²) in [6, 6.07) is 1.84. The van der Waals surface area contributed by atoms with Crippen LogP contribution < -0.4 is 5.73 Å². The van der Waals surface area contributed by atoms with Crippen LogP contribution in [0.15, 0.2) is 18.5 Å². The molecule has 0 spiro atoms. The molecule has 2 atom stereocenters. The molecular formula is C13H19FN2. The molecule has 0 radical (unpaired) electrons. The average molecular weight is 222 g/mol. The number of nitrogens with two attached hydrogens (primary N) is 1. The predicted octanol–water partition coefficient (Wildman–Crippen LogP) is 2.84. The SMILES string of the molecule is CC1(C)CCC(N)C(c2ccncc2F)C1. The van der Waals surface area contributed by atoms with Crippen molar-refractivity contribution in [2.75, 3.05) is 0 Å². The highest BCUT2D eigenvalue weighted by molar-refractivity contribution is 5.21. The summed E-state index contributed by atoms with van der Waals surface area (Å²) in [7, 11) is 0. The summed E-state index contributed by atoms with van der Waals surface area (Å²) in [5.41, 5.74) is 7.11. The maximum absolute atomic E-state index is 13.7. The molecule has 0 aromatic carbocycles. The first-order chi connectivity index (χ1) is 7.49. The van der Waals surface area contributed by atoms with E-state index in [9.17, 15) is 4.39 Å². The average Bonchev–Trinajstić information content (AvgIpc) is 2.23. The minimum Gasteiger partial charge on any atom is -0.327 e. The molecule has 1 saturated carbocycles. The van der Waals surface area contributed by atoms with E-state index in [-0.39, 0.29) is 23.2 Å². The number of nitrogens with zero attached hydrogens (tertiary/aromatic N) is 1. The van der Waals surface area contributed by atoms with Crippen LogP contribution in [0, 0.1) is 11.2 Å². The molecule has 1 aliphatic carbocycles. The van der Waals surface area contributed by atoms with Gasteiger partial charge in [0, 0.05) is 18.2 Å². The van der Waals surface area contributed by atoms with Crippen LogP contribution in [0.3, 0.4) is 0 Å². The Kier molecular flexibility index (Phi) is 2.98. The van der Waals surface area contributed by atoms with Crippen molar-refractivity contribution in [2.45, 2.75) is 45.1 Å². The van der Waals surface area contributed by atoms with Crippen molar-refractivity contribution in [3.8, 4) is 0 Å². The Morgan fingerprint density at radius 3 is 2.94 bits per heavy atom. The van der Waals surface area contributed by atoms with Gasteiger partial charge < -0.3 is 5.73 Å². The highest BCUT2D eigenvalue weighted by Crippen LogP contribution is 2.43. The van der Waals surface area contributed by atoms with Gasteiger partial charge in [-0.15, -0.1) is 0 Å². The normalized spacial score (nSPS) is 29.0. The molecule has 3 heteroatoms. The van der Waals surface area contributed by atoms with Gasteiger partial charge in [-0.1, -0.05) is 13.8 Å². The first kappa shape index (κ1) is 11.5. The van der Waals surface area contributed by atoms with Crippen LogP contribution >= 0.6 is 0 Å². The Labute approximate surface area is 96.1 Å². The van der Waals surface area contributed by atoms with E-state index < -0.39 is 0 Å². The van der Waals surface area contributed by atoms with Gasteiger partial charge in [0.15, 0.2) is 0 Å². The first-order valence-electron chi connectivity index (χ1n) is 5.85. The van der Waals surface area contributed by atoms with Crippen molar-refractivity contribution in [1.82, 2.24) is 4.98 Å². The van der Waals surface area contributed by atoms with Crippen LogP contribution in [0.4, 0.5) is 4.39 Å². The zero-order chi connectivity index (χ0) is 11.8. The number of pyridine rings is 1. The number of hydrogen-bond donors (Lipinski definition) is 1. The van der Waals surface area contributed by atoms with Crippen LogP contribution in [-0.2, 0) is 0 Å². The van der Waals surface area contributed by atoms with Crippen molar-refractivity contribution >= 4 is 0 Å². The van der Waals surface area contributed by atoms with Gasteiger partial charge in [-0.25, -0.2) is 4.39 Å². The molecule has 0 amide bonds. The quantitative estimate of drug-likeness (QED) is 0.793. The Bertz CT molecular complexity index is 376. The third kappa shape index (κ3) is 2.24. The van der Waals surface area contributed by atoms with E-state index in [0.717, 1.165) is 24.8 Å². The molecule has 1 aliphatic rings. The summed E-state index contributed by atoms with van der Waals surface area (Å²) in [4.78, 5) is 3.79. The number of hydrogen-bond acceptors (Lipinski definition) is 2. The minimum absolute atomic E-state index is 0.0740. The van der Waals surface area contributed by atoms with Crippen LogP contribution in [-0.4, -0.2) is 11.0 Å². The fourth-order valence-electron chi connectivity index (χ4n) is 2.63. The minimum atomic E-state index is -0.222. The van der Waals surface area contributed by atoms with Crippen LogP contribution in [0.25, 0.3) is 0 Å². The highest BCUT2D eigenvalue weighted by atomic mass is 19.1. The Morgan fingerprint density at radius 1 is 1.50 bits per heavy atom. The van der Waals surface area contributed by atoms with E-state index in [2.05, 4.69) is 18.8 Å². The van der Waals surface area contributed by atoms with Crippen molar-refractivity contribution < 1.29 is 4.39 Å². The molecule has 1 fully saturated rings. The number of aromatic nitrogens is 1. The Hall–Kier alpha value is -0.960. The zero-order valence-corrected chi connectivity index (χ0v) is 9.91. The van der Waals surface area contributed by atoms with Gasteiger partial charge in [-0.2, -0.15) is 0 Å². The zero-order valence-electron chi connectivity index (χ0n) is 9.91. The molecule has 1 aromatic heterocycles. The van der Waals surface area contributed by atoms with E-state index in [1.165, 1.54) is 6.20 Å². The van der Waals surface area contributed by atoms with Crippen LogP contribution in [0.5, 0.6) is 0 Å². The van der Waals surface area contributed by atoms with Crippen molar-refractivity contribution in [3.05, 3.63) is 29.8 Å². The molecule has 0 saturated heterocycles. The van der Waals surface area contributed by atoms with Gasteiger partial charge in [0.25, 0.3) is 0 Å². The lowest BCUT2D eigenvalue weighted by Crippen LogP contribution is -2.38. The van der Waals surface area contributed by atoms with Crippen molar-refractivity contribution in [2.24, 2.45) is 11.1 Å². The smallest absolute Gasteiger partial charge is 0.145 e. The van der Waals surface area contributed by atoms with Gasteiger partial charge >= 0.3 is 0 Å². The summed E-state index contributed by atoms with van der Waals surface area (Å²) in [6.07, 6.45) is 5.97. The Balaban J connectivity index is 2.28. The molecule has 2 unspecified atom stereocenters. The molecule has 0 bridgehead atoms. The molecule has 1 heterocycles. The lowest BCUT2D eigenvalue weighted by atomic mass is 9.68. The molecule has 16 heavy (non-hydrogen) atoms. The third-order valence-corrected chi connectivity index (χ3v) is 3.65. The van der Waals surface area contributed by atoms with Crippen LogP contribution in [0.2, 0.25) is 0 Å². The number of rotatable bonds is 1. The fourth-order valence-corrected chi connectivity index (χ4v) is 2.63. The standard InChI is InChI=1S/C13H19FN2/c1-13(2)5-3-12(15)10(7-13)9-4-6-16-8-11(9)14/h4,6,8,10,12H,3,5,7,15H2,1-2H3. The first-order valence-corrected chi connectivity index (χ1v) is 5.85. The van der Waals surface area contributed by atoms with E-state index in [4.69, 9.17) is 5.73 Å². The maximum atomic E-state index is 13.7. The second kappa shape index (κ2) is 4.13. The molecule has 2 N–H and O–H groups in total. The lowest BCUT2D eigenvalue weighted by molar-refractivity contribution is 0.196. The van der Waals surface area contributed by atoms with Gasteiger partial charge in [0.2, 0.25) is 0 Å². The fraction of sp³-hybridized carbons (Fsp3) is 0.615. The molecule has 2 rings (SSSR count). The molecule has 0 aliphatic heterocycles. The molecule has 2 nitrogen and oxygen atoms in total. The molecule has 88 valence electrons. The summed E-state index contributed by atoms with van der Waals surface area (Å²) < 4.78 is 13.7. The van der Waals surface area contributed by atoms with Gasteiger partial charge in [0.05, 0.1) is 6.20 Å². The second-order valence-corrected chi connectivity index (χ2v) is 5.57. The monoisotopic (exact) mass is 222 g/mol. The third-order valence-electron chi connectivity index (χ3n) is 3.65. The summed E-state index contributed by atoms with van der Waals surface area (Å²) in [6.45, 7) is 4.45. The summed E-state index contributed by atoms with van der Waals surface area (Å²) >= 11 is 0. The van der Waals surface area contributed by atoms with E-state index in [1.54, 1.807) is 12.3 Å². The van der Waals surface area contributed by atoms with E-state index >= 15 is 0 Å². The number of halogens is 1.